The lowest BCUT2D eigenvalue weighted by molar-refractivity contribution is 0.222. The standard InChI is InChI=1S/C24H26BrN5O2/c1-15(10-16-4-2-3-5-21(16)25)32-23-22-19(12-28-24(23)26)20(14-31-22)17-11-29-30(13-17)18-6-8-27-9-7-18/h2-5,11-15,18,27H,6-10H2,1H3,(H2,26,28). The van der Waals surface area contributed by atoms with Gasteiger partial charge in [0.15, 0.2) is 11.4 Å². The number of hydrogen-bond acceptors (Lipinski definition) is 6. The van der Waals surface area contributed by atoms with Crippen molar-refractivity contribution in [1.29, 1.82) is 0 Å². The minimum absolute atomic E-state index is 0.111. The molecular formula is C24H26BrN5O2. The van der Waals surface area contributed by atoms with E-state index in [0.29, 0.717) is 23.2 Å². The van der Waals surface area contributed by atoms with Gasteiger partial charge in [0.05, 0.1) is 17.6 Å². The quantitative estimate of drug-likeness (QED) is 0.392. The number of fused-ring (bicyclic) bond motifs is 1. The zero-order valence-corrected chi connectivity index (χ0v) is 19.5. The minimum atomic E-state index is -0.111. The van der Waals surface area contributed by atoms with Gasteiger partial charge in [0, 0.05) is 34.4 Å². The molecule has 1 aromatic carbocycles. The highest BCUT2D eigenvalue weighted by Crippen LogP contribution is 2.38. The van der Waals surface area contributed by atoms with Gasteiger partial charge in [0.25, 0.3) is 0 Å². The third kappa shape index (κ3) is 4.12. The molecule has 3 aromatic heterocycles. The molecule has 1 aliphatic rings. The number of nitrogens with zero attached hydrogens (tertiary/aromatic N) is 3. The topological polar surface area (TPSA) is 91.1 Å². The van der Waals surface area contributed by atoms with E-state index < -0.39 is 0 Å². The average molecular weight is 496 g/mol. The summed E-state index contributed by atoms with van der Waals surface area (Å²) in [7, 11) is 0. The summed E-state index contributed by atoms with van der Waals surface area (Å²) in [5, 5.41) is 8.88. The fourth-order valence-electron chi connectivity index (χ4n) is 4.28. The number of aromatic nitrogens is 3. The summed E-state index contributed by atoms with van der Waals surface area (Å²) < 4.78 is 15.3. The molecule has 4 heterocycles. The monoisotopic (exact) mass is 495 g/mol. The first-order valence-electron chi connectivity index (χ1n) is 10.9. The van der Waals surface area contributed by atoms with Crippen LogP contribution in [-0.4, -0.2) is 34.0 Å². The van der Waals surface area contributed by atoms with Gasteiger partial charge in [0.1, 0.15) is 12.4 Å². The van der Waals surface area contributed by atoms with Crippen molar-refractivity contribution in [3.63, 3.8) is 0 Å². The van der Waals surface area contributed by atoms with E-state index in [9.17, 15) is 0 Å². The first-order chi connectivity index (χ1) is 15.6. The molecule has 0 aliphatic carbocycles. The number of pyridine rings is 1. The van der Waals surface area contributed by atoms with Gasteiger partial charge in [0.2, 0.25) is 5.75 Å². The second-order valence-corrected chi connectivity index (χ2v) is 9.13. The molecule has 1 atom stereocenters. The highest BCUT2D eigenvalue weighted by atomic mass is 79.9. The Kier molecular flexibility index (Phi) is 5.89. The average Bonchev–Trinajstić information content (AvgIpc) is 3.45. The van der Waals surface area contributed by atoms with Crippen molar-refractivity contribution in [3.8, 4) is 16.9 Å². The van der Waals surface area contributed by atoms with E-state index in [-0.39, 0.29) is 6.10 Å². The third-order valence-corrected chi connectivity index (χ3v) is 6.75. The Morgan fingerprint density at radius 3 is 2.91 bits per heavy atom. The lowest BCUT2D eigenvalue weighted by atomic mass is 10.1. The first-order valence-corrected chi connectivity index (χ1v) is 11.7. The van der Waals surface area contributed by atoms with E-state index in [1.807, 2.05) is 31.3 Å². The van der Waals surface area contributed by atoms with E-state index in [4.69, 9.17) is 14.9 Å². The fourth-order valence-corrected chi connectivity index (χ4v) is 4.73. The van der Waals surface area contributed by atoms with Crippen LogP contribution in [-0.2, 0) is 6.42 Å². The van der Waals surface area contributed by atoms with Crippen molar-refractivity contribution >= 4 is 32.7 Å². The number of anilines is 1. The molecular weight excluding hydrogens is 470 g/mol. The maximum atomic E-state index is 6.24. The van der Waals surface area contributed by atoms with Gasteiger partial charge < -0.3 is 20.2 Å². The third-order valence-electron chi connectivity index (χ3n) is 5.98. The molecule has 5 rings (SSSR count). The Balaban J connectivity index is 1.41. The molecule has 1 saturated heterocycles. The molecule has 0 amide bonds. The van der Waals surface area contributed by atoms with Crippen molar-refractivity contribution in [2.24, 2.45) is 0 Å². The molecule has 3 N–H and O–H groups in total. The molecule has 4 aromatic rings. The van der Waals surface area contributed by atoms with E-state index in [0.717, 1.165) is 53.3 Å². The maximum absolute atomic E-state index is 6.24. The van der Waals surface area contributed by atoms with Crippen molar-refractivity contribution in [1.82, 2.24) is 20.1 Å². The zero-order valence-electron chi connectivity index (χ0n) is 17.9. The number of furan rings is 1. The lowest BCUT2D eigenvalue weighted by Gasteiger charge is -2.22. The Bertz CT molecular complexity index is 1230. The molecule has 1 aliphatic heterocycles. The molecule has 0 radical (unpaired) electrons. The molecule has 1 unspecified atom stereocenters. The van der Waals surface area contributed by atoms with Crippen molar-refractivity contribution in [2.45, 2.75) is 38.3 Å². The number of halogens is 1. The van der Waals surface area contributed by atoms with Crippen molar-refractivity contribution in [2.75, 3.05) is 18.8 Å². The summed E-state index contributed by atoms with van der Waals surface area (Å²) in [5.74, 6) is 0.807. The molecule has 0 bridgehead atoms. The van der Waals surface area contributed by atoms with Crippen LogP contribution in [0.3, 0.4) is 0 Å². The van der Waals surface area contributed by atoms with Crippen LogP contribution >= 0.6 is 15.9 Å². The van der Waals surface area contributed by atoms with Gasteiger partial charge in [-0.05, 0) is 44.5 Å². The molecule has 1 fully saturated rings. The summed E-state index contributed by atoms with van der Waals surface area (Å²) in [4.78, 5) is 4.39. The predicted molar refractivity (Wildman–Crippen MR) is 129 cm³/mol. The Morgan fingerprint density at radius 1 is 1.28 bits per heavy atom. The number of nitrogens with one attached hydrogen (secondary N) is 1. The number of benzene rings is 1. The lowest BCUT2D eigenvalue weighted by Crippen LogP contribution is -2.29. The molecule has 32 heavy (non-hydrogen) atoms. The van der Waals surface area contributed by atoms with Gasteiger partial charge in [-0.25, -0.2) is 4.98 Å². The Morgan fingerprint density at radius 2 is 2.09 bits per heavy atom. The number of nitrogens with two attached hydrogens (primary N) is 1. The van der Waals surface area contributed by atoms with Gasteiger partial charge in [-0.15, -0.1) is 0 Å². The smallest absolute Gasteiger partial charge is 0.205 e. The van der Waals surface area contributed by atoms with Gasteiger partial charge in [-0.3, -0.25) is 4.68 Å². The molecule has 8 heteroatoms. The summed E-state index contributed by atoms with van der Waals surface area (Å²) in [6.45, 7) is 4.07. The number of rotatable bonds is 6. The largest absolute Gasteiger partial charge is 0.483 e. The minimum Gasteiger partial charge on any atom is -0.483 e. The fraction of sp³-hybridized carbons (Fsp3) is 0.333. The number of ether oxygens (including phenoxy) is 1. The number of piperidine rings is 1. The van der Waals surface area contributed by atoms with Crippen LogP contribution in [0.25, 0.3) is 22.1 Å². The summed E-state index contributed by atoms with van der Waals surface area (Å²) >= 11 is 3.60. The molecule has 7 nitrogen and oxygen atoms in total. The van der Waals surface area contributed by atoms with Crippen LogP contribution in [0.2, 0.25) is 0 Å². The van der Waals surface area contributed by atoms with Crippen LogP contribution in [0.15, 0.2) is 58.0 Å². The SMILES string of the molecule is CC(Cc1ccccc1Br)Oc1c(N)ncc2c(-c3cnn(C4CCNCC4)c3)coc12. The second-order valence-electron chi connectivity index (χ2n) is 8.28. The second kappa shape index (κ2) is 8.96. The predicted octanol–water partition coefficient (Wildman–Crippen LogP) is 4.97. The van der Waals surface area contributed by atoms with Gasteiger partial charge in [-0.2, -0.15) is 5.10 Å². The first kappa shape index (κ1) is 21.0. The van der Waals surface area contributed by atoms with Crippen LogP contribution in [0, 0.1) is 0 Å². The summed E-state index contributed by atoms with van der Waals surface area (Å²) in [6.07, 6.45) is 10.2. The number of hydrogen-bond donors (Lipinski definition) is 2. The van der Waals surface area contributed by atoms with E-state index >= 15 is 0 Å². The van der Waals surface area contributed by atoms with Crippen molar-refractivity contribution < 1.29 is 9.15 Å². The van der Waals surface area contributed by atoms with Crippen LogP contribution in [0.5, 0.6) is 5.75 Å². The van der Waals surface area contributed by atoms with Crippen molar-refractivity contribution in [3.05, 3.63) is 59.2 Å². The van der Waals surface area contributed by atoms with E-state index in [2.05, 4.69) is 48.3 Å². The number of nitrogen functional groups attached to an aromatic ring is 1. The summed E-state index contributed by atoms with van der Waals surface area (Å²) in [5.41, 5.74) is 9.90. The zero-order chi connectivity index (χ0) is 22.1. The van der Waals surface area contributed by atoms with Crippen LogP contribution < -0.4 is 15.8 Å². The van der Waals surface area contributed by atoms with E-state index in [1.54, 1.807) is 12.5 Å². The van der Waals surface area contributed by atoms with Crippen LogP contribution in [0.4, 0.5) is 5.82 Å². The van der Waals surface area contributed by atoms with Gasteiger partial charge >= 0.3 is 0 Å². The highest BCUT2D eigenvalue weighted by molar-refractivity contribution is 9.10. The molecule has 0 spiro atoms. The normalized spacial score (nSPS) is 15.8. The van der Waals surface area contributed by atoms with E-state index in [1.165, 1.54) is 5.56 Å². The maximum Gasteiger partial charge on any atom is 0.205 e. The summed E-state index contributed by atoms with van der Waals surface area (Å²) in [6, 6.07) is 8.55. The highest BCUT2D eigenvalue weighted by Gasteiger charge is 2.21. The van der Waals surface area contributed by atoms with Crippen LogP contribution in [0.1, 0.15) is 31.4 Å². The molecule has 0 saturated carbocycles. The Hall–Kier alpha value is -2.84. The Labute approximate surface area is 195 Å². The molecule has 166 valence electrons. The van der Waals surface area contributed by atoms with Gasteiger partial charge in [-0.1, -0.05) is 34.1 Å².